The zero-order chi connectivity index (χ0) is 47.0. The average molecular weight is 1080 g/mol. The van der Waals surface area contributed by atoms with E-state index in [0.717, 1.165) is 79.0 Å². The quantitative estimate of drug-likeness (QED) is 0.107. The first-order valence-corrected chi connectivity index (χ1v) is 27.3. The number of benzene rings is 7. The summed E-state index contributed by atoms with van der Waals surface area (Å²) in [6, 6.07) is 59.2. The van der Waals surface area contributed by atoms with Crippen LogP contribution in [0.1, 0.15) is 71.1 Å². The van der Waals surface area contributed by atoms with Crippen LogP contribution in [0.4, 0.5) is 0 Å². The summed E-state index contributed by atoms with van der Waals surface area (Å²) >= 11 is 0. The molecule has 3 heterocycles. The molecule has 10 rings (SSSR count). The van der Waals surface area contributed by atoms with E-state index >= 15 is 0 Å². The third kappa shape index (κ3) is 9.87. The Morgan fingerprint density at radius 2 is 1.34 bits per heavy atom. The van der Waals surface area contributed by atoms with Crippen LogP contribution in [0.25, 0.3) is 83.4 Å². The number of rotatable bonds is 9. The van der Waals surface area contributed by atoms with Crippen LogP contribution >= 0.6 is 0 Å². The van der Waals surface area contributed by atoms with Crippen LogP contribution < -0.4 is 5.19 Å². The molecule has 0 amide bonds. The van der Waals surface area contributed by atoms with Gasteiger partial charge in [-0.3, -0.25) is 4.98 Å². The molecule has 10 aromatic rings. The maximum absolute atomic E-state index is 6.25. The van der Waals surface area contributed by atoms with Crippen LogP contribution in [0, 0.1) is 18.2 Å². The van der Waals surface area contributed by atoms with Crippen LogP contribution in [0.2, 0.25) is 19.6 Å². The number of fused-ring (bicyclic) bond motifs is 3. The second-order valence-electron chi connectivity index (χ2n) is 20.7. The van der Waals surface area contributed by atoms with Crippen LogP contribution in [0.15, 0.2) is 168 Å². The van der Waals surface area contributed by atoms with Gasteiger partial charge in [0.1, 0.15) is 0 Å². The Morgan fingerprint density at radius 3 is 1.94 bits per heavy atom. The summed E-state index contributed by atoms with van der Waals surface area (Å²) in [6.07, 6.45) is 6.56. The average Bonchev–Trinajstić information content (AvgIpc) is 3.91. The second kappa shape index (κ2) is 19.8. The largest absolute Gasteiger partial charge is 0.557 e. The topological polar surface area (TPSA) is 43.9 Å². The van der Waals surface area contributed by atoms with Crippen LogP contribution in [-0.2, 0) is 31.9 Å². The number of para-hydroxylation sites is 2. The number of aromatic nitrogens is 3. The molecule has 0 unspecified atom stereocenters. The molecular weight excluding hydrogens is 1020 g/mol. The van der Waals surface area contributed by atoms with Crippen molar-refractivity contribution >= 4 is 46.0 Å². The van der Waals surface area contributed by atoms with Gasteiger partial charge in [0.15, 0.2) is 0 Å². The maximum Gasteiger partial charge on any atom is 0.0798 e. The molecule has 0 atom stereocenters. The third-order valence-electron chi connectivity index (χ3n) is 12.7. The van der Waals surface area contributed by atoms with Gasteiger partial charge < -0.3 is 14.0 Å². The Morgan fingerprint density at radius 1 is 0.691 bits per heavy atom. The van der Waals surface area contributed by atoms with Crippen LogP contribution in [0.3, 0.4) is 0 Å². The molecule has 68 heavy (non-hydrogen) atoms. The molecule has 0 fully saturated rings. The zero-order valence-electron chi connectivity index (χ0n) is 41.0. The Bertz CT molecular complexity index is 3280. The molecule has 0 spiro atoms. The zero-order valence-corrected chi connectivity index (χ0v) is 44.4. The number of hydrogen-bond donors (Lipinski definition) is 0. The Kier molecular flexibility index (Phi) is 14.1. The van der Waals surface area contributed by atoms with Crippen molar-refractivity contribution in [3.05, 3.63) is 193 Å². The van der Waals surface area contributed by atoms with Crippen molar-refractivity contribution in [2.45, 2.75) is 85.9 Å². The fourth-order valence-corrected chi connectivity index (χ4v) is 10.9. The molecule has 6 heteroatoms. The van der Waals surface area contributed by atoms with Gasteiger partial charge in [0.2, 0.25) is 0 Å². The van der Waals surface area contributed by atoms with Crippen LogP contribution in [0.5, 0.6) is 0 Å². The van der Waals surface area contributed by atoms with Crippen molar-refractivity contribution in [2.75, 3.05) is 0 Å². The van der Waals surface area contributed by atoms with E-state index in [-0.39, 0.29) is 25.5 Å². The normalized spacial score (nSPS) is 11.9. The van der Waals surface area contributed by atoms with Gasteiger partial charge in [-0.25, -0.2) is 0 Å². The van der Waals surface area contributed by atoms with Crippen molar-refractivity contribution in [1.82, 2.24) is 14.5 Å². The molecule has 0 saturated carbocycles. The molecule has 0 aliphatic carbocycles. The van der Waals surface area contributed by atoms with Gasteiger partial charge in [0.25, 0.3) is 0 Å². The summed E-state index contributed by atoms with van der Waals surface area (Å²) in [5, 5.41) is 4.90. The number of imidazole rings is 1. The van der Waals surface area contributed by atoms with Crippen molar-refractivity contribution < 1.29 is 24.5 Å². The summed E-state index contributed by atoms with van der Waals surface area (Å²) in [7, 11) is -1.34. The molecule has 0 aliphatic rings. The molecule has 7 aromatic carbocycles. The Labute approximate surface area is 417 Å². The van der Waals surface area contributed by atoms with E-state index in [1.165, 1.54) is 32.6 Å². The summed E-state index contributed by atoms with van der Waals surface area (Å²) < 4.78 is 8.58. The fourth-order valence-electron chi connectivity index (χ4n) is 9.33. The Balaban J connectivity index is 0.000000251. The number of pyridine rings is 1. The maximum atomic E-state index is 6.25. The van der Waals surface area contributed by atoms with Gasteiger partial charge in [0.05, 0.1) is 30.6 Å². The number of furan rings is 1. The van der Waals surface area contributed by atoms with Gasteiger partial charge in [-0.05, 0) is 91.8 Å². The van der Waals surface area contributed by atoms with Gasteiger partial charge in [-0.15, -0.1) is 35.9 Å². The minimum absolute atomic E-state index is 0. The third-order valence-corrected chi connectivity index (χ3v) is 14.8. The standard InChI is InChI=1S/C44H37N2O.C18H24NSi.Ir/c1-28(2)33-20-14-19-31-23-37-38(27-47-41(37)26-34(31)33)43-45-39-21-12-13-22-40(39)46(43)42-35(29-15-8-6-9-16-29)24-32(44(3,4)5)25-36(42)30-17-10-7-11-18-30;1-14(2)11-16-12-17(15-9-7-6-8-10-15)19-13-18(16)20(3,4)5;/h6-26,28H,1-5H3;6-9,12-14H,11H2,1-5H3;/q2*-1;. The second-order valence-corrected chi connectivity index (χ2v) is 25.7. The molecule has 0 N–H and O–H groups in total. The molecule has 345 valence electrons. The first-order valence-electron chi connectivity index (χ1n) is 23.8. The van der Waals surface area contributed by atoms with E-state index in [4.69, 9.17) is 9.40 Å². The minimum atomic E-state index is -1.34. The number of nitrogens with zero attached hydrogens (tertiary/aromatic N) is 3. The van der Waals surface area contributed by atoms with Gasteiger partial charge in [-0.1, -0.05) is 194 Å². The smallest absolute Gasteiger partial charge is 0.0798 e. The monoisotopic (exact) mass is 1080 g/mol. The molecule has 3 aromatic heterocycles. The first kappa shape index (κ1) is 48.3. The van der Waals surface area contributed by atoms with Crippen molar-refractivity contribution in [3.63, 3.8) is 0 Å². The number of hydrogen-bond acceptors (Lipinski definition) is 3. The predicted molar refractivity (Wildman–Crippen MR) is 286 cm³/mol. The summed E-state index contributed by atoms with van der Waals surface area (Å²) in [5.74, 6) is 1.88. The summed E-state index contributed by atoms with van der Waals surface area (Å²) in [5.41, 5.74) is 15.5. The fraction of sp³-hybridized carbons (Fsp3) is 0.226. The molecule has 0 saturated heterocycles. The van der Waals surface area contributed by atoms with Gasteiger partial charge in [0, 0.05) is 49.3 Å². The van der Waals surface area contributed by atoms with E-state index in [1.54, 1.807) is 0 Å². The predicted octanol–water partition coefficient (Wildman–Crippen LogP) is 16.4. The van der Waals surface area contributed by atoms with Crippen molar-refractivity contribution in [3.8, 4) is 50.6 Å². The molecular formula is C62H61IrN3OSi-2. The van der Waals surface area contributed by atoms with E-state index in [0.29, 0.717) is 11.8 Å². The molecule has 4 nitrogen and oxygen atoms in total. The van der Waals surface area contributed by atoms with Crippen molar-refractivity contribution in [2.24, 2.45) is 5.92 Å². The van der Waals surface area contributed by atoms with E-state index in [9.17, 15) is 0 Å². The van der Waals surface area contributed by atoms with Crippen LogP contribution in [-0.4, -0.2) is 22.6 Å². The first-order chi connectivity index (χ1) is 32.2. The Hall–Kier alpha value is -6.17. The van der Waals surface area contributed by atoms with Gasteiger partial charge >= 0.3 is 0 Å². The minimum Gasteiger partial charge on any atom is -0.557 e. The SMILES string of the molecule is CC(C)Cc1cc(-c2[c-]cccc2)ncc1[Si](C)(C)C.CC(C)c1cccc2cc3c(-c4nc5ccccc5n4-c4c(-c5ccccc5)cc(C(C)(C)C)cc4-c4ccccc4)[c-]oc3cc12.[Ir]. The summed E-state index contributed by atoms with van der Waals surface area (Å²) in [4.78, 5) is 10.0. The van der Waals surface area contributed by atoms with E-state index < -0.39 is 8.07 Å². The van der Waals surface area contributed by atoms with Gasteiger partial charge in [-0.2, -0.15) is 0 Å². The molecule has 0 aliphatic heterocycles. The summed E-state index contributed by atoms with van der Waals surface area (Å²) in [6.45, 7) is 23.1. The van der Waals surface area contributed by atoms with Crippen molar-refractivity contribution in [1.29, 1.82) is 0 Å². The van der Waals surface area contributed by atoms with E-state index in [2.05, 4.69) is 236 Å². The van der Waals surface area contributed by atoms with E-state index in [1.807, 2.05) is 18.2 Å². The molecule has 0 bridgehead atoms. The molecule has 1 radical (unpaired) electrons.